The van der Waals surface area contributed by atoms with Crippen LogP contribution in [-0.2, 0) is 29.0 Å². The van der Waals surface area contributed by atoms with Crippen LogP contribution in [-0.4, -0.2) is 43.0 Å². The van der Waals surface area contributed by atoms with Gasteiger partial charge in [-0.1, -0.05) is 60.1 Å². The molecular weight excluding hydrogens is 488 g/mol. The third-order valence-electron chi connectivity index (χ3n) is 6.04. The highest BCUT2D eigenvalue weighted by Gasteiger charge is 2.30. The number of hydrogen-bond donors (Lipinski definition) is 1. The number of halogens is 1. The molecule has 3 aromatic carbocycles. The van der Waals surface area contributed by atoms with E-state index in [0.29, 0.717) is 35.9 Å². The topological polar surface area (TPSA) is 67.9 Å². The predicted octanol–water partition coefficient (Wildman–Crippen LogP) is 5.45. The van der Waals surface area contributed by atoms with E-state index < -0.39 is 6.04 Å². The molecule has 0 aliphatic heterocycles. The number of carbonyl (C=O) groups is 2. The van der Waals surface area contributed by atoms with Gasteiger partial charge in [-0.3, -0.25) is 9.59 Å². The van der Waals surface area contributed by atoms with Crippen LogP contribution in [0.25, 0.3) is 0 Å². The van der Waals surface area contributed by atoms with Crippen LogP contribution in [0.2, 0.25) is 5.02 Å². The van der Waals surface area contributed by atoms with Gasteiger partial charge in [0.2, 0.25) is 11.8 Å². The van der Waals surface area contributed by atoms with E-state index in [1.54, 1.807) is 31.3 Å². The zero-order chi connectivity index (χ0) is 26.8. The fourth-order valence-electron chi connectivity index (χ4n) is 4.15. The minimum atomic E-state index is -0.668. The molecule has 0 saturated heterocycles. The van der Waals surface area contributed by atoms with Crippen LogP contribution in [0.15, 0.2) is 72.8 Å². The van der Waals surface area contributed by atoms with Crippen molar-refractivity contribution in [3.63, 3.8) is 0 Å². The number of methoxy groups -OCH3 is 2. The van der Waals surface area contributed by atoms with Crippen LogP contribution in [0.3, 0.4) is 0 Å². The van der Waals surface area contributed by atoms with E-state index in [2.05, 4.69) is 5.32 Å². The average molecular weight is 523 g/mol. The number of carbonyl (C=O) groups excluding carboxylic acids is 2. The van der Waals surface area contributed by atoms with E-state index in [4.69, 9.17) is 21.1 Å². The summed E-state index contributed by atoms with van der Waals surface area (Å²) in [6, 6.07) is 22.0. The first-order valence-corrected chi connectivity index (χ1v) is 12.8. The van der Waals surface area contributed by atoms with E-state index in [-0.39, 0.29) is 24.3 Å². The SMILES string of the molecule is COc1ccc(CCC(=O)N(Cc2ccc(Cl)cc2)[C@@H](Cc2ccccc2)C(=O)NC(C)C)cc1OC. The summed E-state index contributed by atoms with van der Waals surface area (Å²) in [7, 11) is 3.17. The van der Waals surface area contributed by atoms with Crippen LogP contribution in [0.5, 0.6) is 11.5 Å². The molecule has 0 aliphatic rings. The highest BCUT2D eigenvalue weighted by molar-refractivity contribution is 6.30. The lowest BCUT2D eigenvalue weighted by molar-refractivity contribution is -0.141. The Balaban J connectivity index is 1.90. The molecule has 0 radical (unpaired) electrons. The number of amides is 2. The molecule has 37 heavy (non-hydrogen) atoms. The van der Waals surface area contributed by atoms with Gasteiger partial charge in [-0.05, 0) is 61.2 Å². The van der Waals surface area contributed by atoms with Gasteiger partial charge >= 0.3 is 0 Å². The van der Waals surface area contributed by atoms with Gasteiger partial charge in [0, 0.05) is 30.5 Å². The Morgan fingerprint density at radius 2 is 1.51 bits per heavy atom. The molecule has 1 N–H and O–H groups in total. The van der Waals surface area contributed by atoms with Gasteiger partial charge in [0.15, 0.2) is 11.5 Å². The monoisotopic (exact) mass is 522 g/mol. The van der Waals surface area contributed by atoms with Crippen LogP contribution in [0, 0.1) is 0 Å². The zero-order valence-electron chi connectivity index (χ0n) is 21.9. The molecule has 0 fully saturated rings. The number of aryl methyl sites for hydroxylation is 1. The summed E-state index contributed by atoms with van der Waals surface area (Å²) in [6.07, 6.45) is 1.15. The maximum absolute atomic E-state index is 13.8. The van der Waals surface area contributed by atoms with E-state index in [1.165, 1.54) is 0 Å². The largest absolute Gasteiger partial charge is 0.493 e. The number of rotatable bonds is 12. The van der Waals surface area contributed by atoms with Crippen molar-refractivity contribution in [1.29, 1.82) is 0 Å². The number of hydrogen-bond acceptors (Lipinski definition) is 4. The standard InChI is InChI=1S/C30H35ClN2O4/c1-21(2)32-30(35)26(18-22-8-6-5-7-9-22)33(20-24-10-14-25(31)15-11-24)29(34)17-13-23-12-16-27(36-3)28(19-23)37-4/h5-12,14-16,19,21,26H,13,17-18,20H2,1-4H3,(H,32,35)/t26-/m0/s1. The lowest BCUT2D eigenvalue weighted by atomic mass is 10.0. The molecule has 0 spiro atoms. The molecule has 0 saturated carbocycles. The van der Waals surface area contributed by atoms with Crippen molar-refractivity contribution in [3.8, 4) is 11.5 Å². The summed E-state index contributed by atoms with van der Waals surface area (Å²) in [4.78, 5) is 28.9. The normalized spacial score (nSPS) is 11.6. The van der Waals surface area contributed by atoms with Crippen LogP contribution < -0.4 is 14.8 Å². The van der Waals surface area contributed by atoms with E-state index in [9.17, 15) is 9.59 Å². The molecule has 7 heteroatoms. The van der Waals surface area contributed by atoms with Crippen molar-refractivity contribution in [2.75, 3.05) is 14.2 Å². The predicted molar refractivity (Wildman–Crippen MR) is 147 cm³/mol. The van der Waals surface area contributed by atoms with Gasteiger partial charge in [-0.15, -0.1) is 0 Å². The Bertz CT molecular complexity index is 1170. The smallest absolute Gasteiger partial charge is 0.243 e. The first-order valence-electron chi connectivity index (χ1n) is 12.4. The van der Waals surface area contributed by atoms with Gasteiger partial charge in [0.05, 0.1) is 14.2 Å². The number of nitrogens with one attached hydrogen (secondary N) is 1. The molecule has 196 valence electrons. The summed E-state index contributed by atoms with van der Waals surface area (Å²) >= 11 is 6.09. The second kappa shape index (κ2) is 13.7. The minimum Gasteiger partial charge on any atom is -0.493 e. The third kappa shape index (κ3) is 8.25. The van der Waals surface area contributed by atoms with Crippen molar-refractivity contribution in [3.05, 3.63) is 94.5 Å². The second-order valence-electron chi connectivity index (χ2n) is 9.21. The van der Waals surface area contributed by atoms with E-state index in [1.807, 2.05) is 74.5 Å². The third-order valence-corrected chi connectivity index (χ3v) is 6.30. The lowest BCUT2D eigenvalue weighted by Crippen LogP contribution is -2.51. The summed E-state index contributed by atoms with van der Waals surface area (Å²) in [5, 5.41) is 3.63. The fourth-order valence-corrected chi connectivity index (χ4v) is 4.28. The average Bonchev–Trinajstić information content (AvgIpc) is 2.90. The van der Waals surface area contributed by atoms with Crippen molar-refractivity contribution in [2.24, 2.45) is 0 Å². The molecule has 3 rings (SSSR count). The maximum atomic E-state index is 13.8. The Hall–Kier alpha value is -3.51. The highest BCUT2D eigenvalue weighted by atomic mass is 35.5. The zero-order valence-corrected chi connectivity index (χ0v) is 22.6. The van der Waals surface area contributed by atoms with Crippen molar-refractivity contribution in [1.82, 2.24) is 10.2 Å². The van der Waals surface area contributed by atoms with Crippen LogP contribution in [0.1, 0.15) is 37.0 Å². The minimum absolute atomic E-state index is 0.0509. The van der Waals surface area contributed by atoms with E-state index >= 15 is 0 Å². The molecule has 0 bridgehead atoms. The van der Waals surface area contributed by atoms with Gasteiger partial charge in [-0.25, -0.2) is 0 Å². The number of benzene rings is 3. The molecule has 0 heterocycles. The first kappa shape index (κ1) is 28.1. The molecule has 3 aromatic rings. The summed E-state index contributed by atoms with van der Waals surface area (Å²) < 4.78 is 10.7. The number of ether oxygens (including phenoxy) is 2. The second-order valence-corrected chi connectivity index (χ2v) is 9.64. The van der Waals surface area contributed by atoms with Gasteiger partial charge in [-0.2, -0.15) is 0 Å². The van der Waals surface area contributed by atoms with Crippen molar-refractivity contribution in [2.45, 2.75) is 51.7 Å². The first-order chi connectivity index (χ1) is 17.8. The highest BCUT2D eigenvalue weighted by Crippen LogP contribution is 2.28. The van der Waals surface area contributed by atoms with Crippen LogP contribution in [0.4, 0.5) is 0 Å². The summed E-state index contributed by atoms with van der Waals surface area (Å²) in [5.74, 6) is 0.968. The Kier molecular flexibility index (Phi) is 10.4. The van der Waals surface area contributed by atoms with Gasteiger partial charge in [0.25, 0.3) is 0 Å². The molecule has 0 unspecified atom stereocenters. The van der Waals surface area contributed by atoms with Gasteiger partial charge in [0.1, 0.15) is 6.04 Å². The van der Waals surface area contributed by atoms with E-state index in [0.717, 1.165) is 16.7 Å². The summed E-state index contributed by atoms with van der Waals surface area (Å²) in [5.41, 5.74) is 2.84. The lowest BCUT2D eigenvalue weighted by Gasteiger charge is -2.32. The van der Waals surface area contributed by atoms with Crippen molar-refractivity contribution >= 4 is 23.4 Å². The van der Waals surface area contributed by atoms with Gasteiger partial charge < -0.3 is 19.7 Å². The fraction of sp³-hybridized carbons (Fsp3) is 0.333. The Labute approximate surface area is 224 Å². The maximum Gasteiger partial charge on any atom is 0.243 e. The molecule has 6 nitrogen and oxygen atoms in total. The molecule has 0 aliphatic carbocycles. The molecule has 2 amide bonds. The van der Waals surface area contributed by atoms with Crippen LogP contribution >= 0.6 is 11.6 Å². The molecule has 0 aromatic heterocycles. The Morgan fingerprint density at radius 1 is 0.865 bits per heavy atom. The Morgan fingerprint density at radius 3 is 2.14 bits per heavy atom. The molecular formula is C30H35ClN2O4. The number of nitrogens with zero attached hydrogens (tertiary/aromatic N) is 1. The van der Waals surface area contributed by atoms with Crippen molar-refractivity contribution < 1.29 is 19.1 Å². The quantitative estimate of drug-likeness (QED) is 0.343. The summed E-state index contributed by atoms with van der Waals surface area (Å²) in [6.45, 7) is 4.13. The molecule has 1 atom stereocenters.